The van der Waals surface area contributed by atoms with Gasteiger partial charge in [0.1, 0.15) is 11.2 Å². The van der Waals surface area contributed by atoms with Crippen LogP contribution in [-0.2, 0) is 17.5 Å². The van der Waals surface area contributed by atoms with Crippen LogP contribution < -0.4 is 5.32 Å². The number of amides is 1. The standard InChI is InChI=1S/C17H13F3N4O/c1-2-15(25)22-10-13-16-14(4-3-9-21-16)24(23-13)12-7-5-11(6-8-12)17(18,19)20/h2-9H,1,10H2,(H,22,25). The molecule has 0 saturated heterocycles. The fourth-order valence-electron chi connectivity index (χ4n) is 2.36. The number of halogens is 3. The first-order chi connectivity index (χ1) is 11.9. The van der Waals surface area contributed by atoms with E-state index in [1.165, 1.54) is 16.8 Å². The van der Waals surface area contributed by atoms with E-state index < -0.39 is 11.7 Å². The van der Waals surface area contributed by atoms with Gasteiger partial charge in [-0.1, -0.05) is 6.58 Å². The number of carbonyl (C=O) groups is 1. The van der Waals surface area contributed by atoms with Crippen LogP contribution in [0.4, 0.5) is 13.2 Å². The quantitative estimate of drug-likeness (QED) is 0.738. The van der Waals surface area contributed by atoms with Gasteiger partial charge >= 0.3 is 6.18 Å². The summed E-state index contributed by atoms with van der Waals surface area (Å²) in [6.07, 6.45) is -1.67. The highest BCUT2D eigenvalue weighted by Gasteiger charge is 2.30. The van der Waals surface area contributed by atoms with E-state index in [-0.39, 0.29) is 12.5 Å². The Hall–Kier alpha value is -3.16. The lowest BCUT2D eigenvalue weighted by molar-refractivity contribution is -0.137. The first kappa shape index (κ1) is 16.7. The van der Waals surface area contributed by atoms with E-state index in [4.69, 9.17) is 0 Å². The van der Waals surface area contributed by atoms with Crippen LogP contribution in [0, 0.1) is 0 Å². The van der Waals surface area contributed by atoms with Crippen LogP contribution in [0.5, 0.6) is 0 Å². The van der Waals surface area contributed by atoms with E-state index in [1.807, 2.05) is 0 Å². The second-order valence-electron chi connectivity index (χ2n) is 5.20. The lowest BCUT2D eigenvalue weighted by atomic mass is 10.2. The van der Waals surface area contributed by atoms with E-state index in [0.29, 0.717) is 22.4 Å². The SMILES string of the molecule is C=CC(=O)NCc1nn(-c2ccc(C(F)(F)F)cc2)c2cccnc12. The summed E-state index contributed by atoms with van der Waals surface area (Å²) in [6.45, 7) is 3.50. The zero-order chi connectivity index (χ0) is 18.0. The van der Waals surface area contributed by atoms with Gasteiger partial charge in [-0.3, -0.25) is 9.78 Å². The zero-order valence-electron chi connectivity index (χ0n) is 12.9. The number of aromatic nitrogens is 3. The number of benzene rings is 1. The van der Waals surface area contributed by atoms with Crippen molar-refractivity contribution < 1.29 is 18.0 Å². The summed E-state index contributed by atoms with van der Waals surface area (Å²) in [5.41, 5.74) is 1.43. The molecule has 0 saturated carbocycles. The molecule has 8 heteroatoms. The number of hydrogen-bond acceptors (Lipinski definition) is 3. The second-order valence-corrected chi connectivity index (χ2v) is 5.20. The number of fused-ring (bicyclic) bond motifs is 1. The van der Waals surface area contributed by atoms with Gasteiger partial charge in [0, 0.05) is 6.20 Å². The van der Waals surface area contributed by atoms with Crippen LogP contribution in [0.15, 0.2) is 55.3 Å². The minimum atomic E-state index is -4.40. The van der Waals surface area contributed by atoms with Crippen molar-refractivity contribution in [2.24, 2.45) is 0 Å². The maximum atomic E-state index is 12.7. The Balaban J connectivity index is 2.01. The maximum absolute atomic E-state index is 12.7. The molecule has 128 valence electrons. The lowest BCUT2D eigenvalue weighted by Crippen LogP contribution is -2.20. The molecule has 0 aliphatic rings. The minimum Gasteiger partial charge on any atom is -0.347 e. The molecule has 0 spiro atoms. The Morgan fingerprint density at radius 2 is 1.96 bits per heavy atom. The normalized spacial score (nSPS) is 11.5. The Morgan fingerprint density at radius 1 is 1.24 bits per heavy atom. The molecule has 1 N–H and O–H groups in total. The Kier molecular flexibility index (Phi) is 4.26. The number of rotatable bonds is 4. The summed E-state index contributed by atoms with van der Waals surface area (Å²) >= 11 is 0. The van der Waals surface area contributed by atoms with Crippen molar-refractivity contribution in [3.05, 3.63) is 66.5 Å². The molecular formula is C17H13F3N4O. The smallest absolute Gasteiger partial charge is 0.347 e. The molecule has 2 aromatic heterocycles. The maximum Gasteiger partial charge on any atom is 0.416 e. The predicted molar refractivity (Wildman–Crippen MR) is 85.9 cm³/mol. The van der Waals surface area contributed by atoms with E-state index >= 15 is 0 Å². The van der Waals surface area contributed by atoms with E-state index in [2.05, 4.69) is 22.0 Å². The van der Waals surface area contributed by atoms with Crippen molar-refractivity contribution >= 4 is 16.9 Å². The molecule has 0 radical (unpaired) electrons. The Morgan fingerprint density at radius 3 is 2.60 bits per heavy atom. The van der Waals surface area contributed by atoms with Crippen LogP contribution in [0.1, 0.15) is 11.3 Å². The largest absolute Gasteiger partial charge is 0.416 e. The molecule has 2 heterocycles. The number of pyridine rings is 1. The fourth-order valence-corrected chi connectivity index (χ4v) is 2.36. The topological polar surface area (TPSA) is 59.8 Å². The lowest BCUT2D eigenvalue weighted by Gasteiger charge is -2.08. The van der Waals surface area contributed by atoms with Gasteiger partial charge in [0.25, 0.3) is 0 Å². The summed E-state index contributed by atoms with van der Waals surface area (Å²) in [5.74, 6) is -0.354. The second kappa shape index (κ2) is 6.39. The number of carbonyl (C=O) groups excluding carboxylic acids is 1. The highest BCUT2D eigenvalue weighted by atomic mass is 19.4. The molecule has 5 nitrogen and oxygen atoms in total. The summed E-state index contributed by atoms with van der Waals surface area (Å²) in [5, 5.41) is 6.99. The van der Waals surface area contributed by atoms with Crippen molar-refractivity contribution in [2.45, 2.75) is 12.7 Å². The molecule has 0 aliphatic carbocycles. The molecule has 1 amide bonds. The van der Waals surface area contributed by atoms with E-state index in [0.717, 1.165) is 18.2 Å². The highest BCUT2D eigenvalue weighted by Crippen LogP contribution is 2.30. The third kappa shape index (κ3) is 3.37. The van der Waals surface area contributed by atoms with E-state index in [1.54, 1.807) is 18.3 Å². The highest BCUT2D eigenvalue weighted by molar-refractivity contribution is 5.87. The Bertz CT molecular complexity index is 929. The van der Waals surface area contributed by atoms with Crippen molar-refractivity contribution in [3.63, 3.8) is 0 Å². The van der Waals surface area contributed by atoms with Gasteiger partial charge in [0.15, 0.2) is 0 Å². The summed E-state index contributed by atoms with van der Waals surface area (Å²) < 4.78 is 39.6. The summed E-state index contributed by atoms with van der Waals surface area (Å²) in [4.78, 5) is 15.6. The molecule has 0 bridgehead atoms. The molecule has 0 fully saturated rings. The van der Waals surface area contributed by atoms with Gasteiger partial charge < -0.3 is 5.32 Å². The van der Waals surface area contributed by atoms with Gasteiger partial charge in [-0.25, -0.2) is 4.68 Å². The Labute approximate surface area is 140 Å². The van der Waals surface area contributed by atoms with Crippen molar-refractivity contribution in [1.82, 2.24) is 20.1 Å². The third-order valence-electron chi connectivity index (χ3n) is 3.56. The van der Waals surface area contributed by atoms with Crippen molar-refractivity contribution in [1.29, 1.82) is 0 Å². The molecule has 0 atom stereocenters. The van der Waals surface area contributed by atoms with Crippen molar-refractivity contribution in [2.75, 3.05) is 0 Å². The van der Waals surface area contributed by atoms with Crippen LogP contribution in [0.2, 0.25) is 0 Å². The molecular weight excluding hydrogens is 333 g/mol. The van der Waals surface area contributed by atoms with E-state index in [9.17, 15) is 18.0 Å². The molecule has 3 aromatic rings. The molecule has 25 heavy (non-hydrogen) atoms. The molecule has 0 aliphatic heterocycles. The first-order valence-electron chi connectivity index (χ1n) is 7.30. The average molecular weight is 346 g/mol. The summed E-state index contributed by atoms with van der Waals surface area (Å²) in [7, 11) is 0. The number of alkyl halides is 3. The predicted octanol–water partition coefficient (Wildman–Crippen LogP) is 3.24. The fraction of sp³-hybridized carbons (Fsp3) is 0.118. The van der Waals surface area contributed by atoms with Crippen LogP contribution in [0.3, 0.4) is 0 Å². The van der Waals surface area contributed by atoms with Crippen molar-refractivity contribution in [3.8, 4) is 5.69 Å². The number of hydrogen-bond donors (Lipinski definition) is 1. The van der Waals surface area contributed by atoms with Gasteiger partial charge in [0.2, 0.25) is 5.91 Å². The first-order valence-corrected chi connectivity index (χ1v) is 7.30. The van der Waals surface area contributed by atoms with Gasteiger partial charge in [-0.05, 0) is 42.5 Å². The number of nitrogens with one attached hydrogen (secondary N) is 1. The van der Waals surface area contributed by atoms with Gasteiger partial charge in [-0.15, -0.1) is 0 Å². The third-order valence-corrected chi connectivity index (χ3v) is 3.56. The number of nitrogens with zero attached hydrogens (tertiary/aromatic N) is 3. The minimum absolute atomic E-state index is 0.131. The van der Waals surface area contributed by atoms with Gasteiger partial charge in [0.05, 0.1) is 23.3 Å². The van der Waals surface area contributed by atoms with Crippen LogP contribution in [-0.4, -0.2) is 20.7 Å². The monoisotopic (exact) mass is 346 g/mol. The molecule has 3 rings (SSSR count). The molecule has 1 aromatic carbocycles. The van der Waals surface area contributed by atoms with Gasteiger partial charge in [-0.2, -0.15) is 18.3 Å². The zero-order valence-corrected chi connectivity index (χ0v) is 12.9. The average Bonchev–Trinajstić information content (AvgIpc) is 2.98. The van der Waals surface area contributed by atoms with Crippen LogP contribution >= 0.6 is 0 Å². The molecule has 0 unspecified atom stereocenters. The van der Waals surface area contributed by atoms with Crippen LogP contribution in [0.25, 0.3) is 16.7 Å². The summed E-state index contributed by atoms with van der Waals surface area (Å²) in [6, 6.07) is 8.14.